The van der Waals surface area contributed by atoms with Crippen LogP contribution in [0.5, 0.6) is 0 Å². The topological polar surface area (TPSA) is 49.4 Å². The Balaban J connectivity index is 1.88. The van der Waals surface area contributed by atoms with Crippen molar-refractivity contribution in [3.05, 3.63) is 82.4 Å². The number of benzene rings is 2. The third-order valence-corrected chi connectivity index (χ3v) is 4.35. The SMILES string of the molecule is O=C1NC(=S)N(c2ccc(Br)cc2)C(=O)/C1=C\C=C\c1ccccc1. The van der Waals surface area contributed by atoms with E-state index >= 15 is 0 Å². The van der Waals surface area contributed by atoms with Crippen molar-refractivity contribution in [2.24, 2.45) is 0 Å². The lowest BCUT2D eigenvalue weighted by Crippen LogP contribution is -2.54. The third-order valence-electron chi connectivity index (χ3n) is 3.54. The van der Waals surface area contributed by atoms with Gasteiger partial charge in [0.2, 0.25) is 0 Å². The Morgan fingerprint density at radius 1 is 1.00 bits per heavy atom. The van der Waals surface area contributed by atoms with Gasteiger partial charge in [0.05, 0.1) is 5.69 Å². The lowest BCUT2D eigenvalue weighted by molar-refractivity contribution is -0.122. The number of carbonyl (C=O) groups excluding carboxylic acids is 2. The zero-order chi connectivity index (χ0) is 17.8. The van der Waals surface area contributed by atoms with Gasteiger partial charge < -0.3 is 0 Å². The summed E-state index contributed by atoms with van der Waals surface area (Å²) in [5.41, 5.74) is 1.60. The van der Waals surface area contributed by atoms with Gasteiger partial charge in [-0.05, 0) is 48.1 Å². The van der Waals surface area contributed by atoms with Crippen LogP contribution in [0.2, 0.25) is 0 Å². The van der Waals surface area contributed by atoms with Crippen molar-refractivity contribution in [3.63, 3.8) is 0 Å². The van der Waals surface area contributed by atoms with Crippen molar-refractivity contribution in [2.45, 2.75) is 0 Å². The molecule has 6 heteroatoms. The predicted octanol–water partition coefficient (Wildman–Crippen LogP) is 3.84. The summed E-state index contributed by atoms with van der Waals surface area (Å²) in [6.45, 7) is 0. The second-order valence-electron chi connectivity index (χ2n) is 5.23. The molecular weight excluding hydrogens is 400 g/mol. The minimum atomic E-state index is -0.499. The summed E-state index contributed by atoms with van der Waals surface area (Å²) in [6.07, 6.45) is 5.00. The molecule has 1 fully saturated rings. The highest BCUT2D eigenvalue weighted by Crippen LogP contribution is 2.22. The molecule has 2 aromatic rings. The number of thiocarbonyl (C=S) groups is 1. The van der Waals surface area contributed by atoms with E-state index in [2.05, 4.69) is 21.2 Å². The molecule has 1 aliphatic heterocycles. The standard InChI is InChI=1S/C19H13BrN2O2S/c20-14-9-11-15(12-10-14)22-18(24)16(17(23)21-19(22)25)8-4-7-13-5-2-1-3-6-13/h1-12H,(H,21,23,25)/b7-4+,16-8-. The van der Waals surface area contributed by atoms with Crippen LogP contribution in [-0.2, 0) is 9.59 Å². The highest BCUT2D eigenvalue weighted by molar-refractivity contribution is 9.10. The molecule has 1 heterocycles. The maximum atomic E-state index is 12.7. The summed E-state index contributed by atoms with van der Waals surface area (Å²) in [6, 6.07) is 16.7. The summed E-state index contributed by atoms with van der Waals surface area (Å²) < 4.78 is 0.886. The molecule has 1 N–H and O–H groups in total. The van der Waals surface area contributed by atoms with Crippen LogP contribution in [0.25, 0.3) is 6.08 Å². The molecule has 2 amide bonds. The number of halogens is 1. The number of carbonyl (C=O) groups is 2. The van der Waals surface area contributed by atoms with Gasteiger partial charge in [-0.2, -0.15) is 0 Å². The normalized spacial score (nSPS) is 16.6. The Labute approximate surface area is 159 Å². The number of allylic oxidation sites excluding steroid dienone is 2. The first-order valence-electron chi connectivity index (χ1n) is 7.45. The van der Waals surface area contributed by atoms with Gasteiger partial charge >= 0.3 is 0 Å². The van der Waals surface area contributed by atoms with Gasteiger partial charge in [0.1, 0.15) is 5.57 Å². The van der Waals surface area contributed by atoms with Crippen molar-refractivity contribution in [2.75, 3.05) is 4.90 Å². The molecule has 0 atom stereocenters. The van der Waals surface area contributed by atoms with Crippen LogP contribution in [0.1, 0.15) is 5.56 Å². The molecule has 0 spiro atoms. The van der Waals surface area contributed by atoms with Crippen LogP contribution in [0.4, 0.5) is 5.69 Å². The zero-order valence-corrected chi connectivity index (χ0v) is 15.4. The molecule has 2 aromatic carbocycles. The Morgan fingerprint density at radius 2 is 1.68 bits per heavy atom. The lowest BCUT2D eigenvalue weighted by Gasteiger charge is -2.28. The van der Waals surface area contributed by atoms with Gasteiger partial charge in [-0.1, -0.05) is 58.4 Å². The first-order valence-corrected chi connectivity index (χ1v) is 8.65. The van der Waals surface area contributed by atoms with Crippen molar-refractivity contribution >= 4 is 56.8 Å². The largest absolute Gasteiger partial charge is 0.298 e. The fraction of sp³-hybridized carbons (Fsp3) is 0. The molecule has 0 saturated carbocycles. The second-order valence-corrected chi connectivity index (χ2v) is 6.53. The number of amides is 2. The van der Waals surface area contributed by atoms with E-state index in [0.717, 1.165) is 10.0 Å². The summed E-state index contributed by atoms with van der Waals surface area (Å²) in [7, 11) is 0. The third kappa shape index (κ3) is 3.92. The number of anilines is 1. The molecule has 3 rings (SSSR count). The van der Waals surface area contributed by atoms with Crippen LogP contribution in [0, 0.1) is 0 Å². The maximum Gasteiger partial charge on any atom is 0.270 e. The first kappa shape index (κ1) is 17.3. The average Bonchev–Trinajstić information content (AvgIpc) is 2.60. The lowest BCUT2D eigenvalue weighted by atomic mass is 10.1. The van der Waals surface area contributed by atoms with Crippen LogP contribution in [0.3, 0.4) is 0 Å². The Kier molecular flexibility index (Phi) is 5.21. The smallest absolute Gasteiger partial charge is 0.270 e. The quantitative estimate of drug-likeness (QED) is 0.473. The average molecular weight is 413 g/mol. The molecule has 1 aliphatic rings. The van der Waals surface area contributed by atoms with E-state index in [1.807, 2.05) is 36.4 Å². The molecule has 0 radical (unpaired) electrons. The number of hydrogen-bond acceptors (Lipinski definition) is 3. The van der Waals surface area contributed by atoms with Crippen molar-refractivity contribution in [3.8, 4) is 0 Å². The van der Waals surface area contributed by atoms with E-state index < -0.39 is 11.8 Å². The van der Waals surface area contributed by atoms with E-state index in [4.69, 9.17) is 12.2 Å². The molecular formula is C19H13BrN2O2S. The van der Waals surface area contributed by atoms with E-state index in [1.165, 1.54) is 11.0 Å². The van der Waals surface area contributed by atoms with Crippen molar-refractivity contribution < 1.29 is 9.59 Å². The molecule has 25 heavy (non-hydrogen) atoms. The van der Waals surface area contributed by atoms with Crippen LogP contribution in [-0.4, -0.2) is 16.9 Å². The highest BCUT2D eigenvalue weighted by Gasteiger charge is 2.33. The summed E-state index contributed by atoms with van der Waals surface area (Å²) in [4.78, 5) is 26.2. The minimum Gasteiger partial charge on any atom is -0.298 e. The summed E-state index contributed by atoms with van der Waals surface area (Å²) in [5, 5.41) is 2.63. The highest BCUT2D eigenvalue weighted by atomic mass is 79.9. The summed E-state index contributed by atoms with van der Waals surface area (Å²) >= 11 is 8.51. The molecule has 0 unspecified atom stereocenters. The number of nitrogens with one attached hydrogen (secondary N) is 1. The Bertz CT molecular complexity index is 889. The van der Waals surface area contributed by atoms with Gasteiger partial charge in [0.15, 0.2) is 5.11 Å². The Hall–Kier alpha value is -2.57. The Morgan fingerprint density at radius 3 is 2.36 bits per heavy atom. The number of hydrogen-bond donors (Lipinski definition) is 1. The number of nitrogens with zero attached hydrogens (tertiary/aromatic N) is 1. The van der Waals surface area contributed by atoms with Crippen molar-refractivity contribution in [1.82, 2.24) is 5.32 Å². The number of rotatable bonds is 3. The molecule has 0 bridgehead atoms. The van der Waals surface area contributed by atoms with E-state index in [1.54, 1.807) is 30.3 Å². The predicted molar refractivity (Wildman–Crippen MR) is 106 cm³/mol. The second kappa shape index (κ2) is 7.55. The first-order chi connectivity index (χ1) is 12.1. The maximum absolute atomic E-state index is 12.7. The van der Waals surface area contributed by atoms with Gasteiger partial charge in [-0.3, -0.25) is 19.8 Å². The molecule has 0 aliphatic carbocycles. The summed E-state index contributed by atoms with van der Waals surface area (Å²) in [5.74, 6) is -0.949. The van der Waals surface area contributed by atoms with E-state index in [-0.39, 0.29) is 10.7 Å². The fourth-order valence-corrected chi connectivity index (χ4v) is 2.87. The molecule has 124 valence electrons. The minimum absolute atomic E-state index is 0.0312. The van der Waals surface area contributed by atoms with Gasteiger partial charge in [-0.25, -0.2) is 0 Å². The van der Waals surface area contributed by atoms with E-state index in [9.17, 15) is 9.59 Å². The molecule has 0 aromatic heterocycles. The van der Waals surface area contributed by atoms with Crippen LogP contribution < -0.4 is 10.2 Å². The molecule has 4 nitrogen and oxygen atoms in total. The zero-order valence-electron chi connectivity index (χ0n) is 13.0. The van der Waals surface area contributed by atoms with Gasteiger partial charge in [0.25, 0.3) is 11.8 Å². The fourth-order valence-electron chi connectivity index (χ4n) is 2.32. The monoisotopic (exact) mass is 412 g/mol. The van der Waals surface area contributed by atoms with Gasteiger partial charge in [0, 0.05) is 4.47 Å². The molecule has 1 saturated heterocycles. The van der Waals surface area contributed by atoms with Crippen LogP contribution >= 0.6 is 28.1 Å². The van der Waals surface area contributed by atoms with Crippen LogP contribution in [0.15, 0.2) is 76.8 Å². The van der Waals surface area contributed by atoms with Gasteiger partial charge in [-0.15, -0.1) is 0 Å². The van der Waals surface area contributed by atoms with E-state index in [0.29, 0.717) is 5.69 Å². The van der Waals surface area contributed by atoms with Crippen molar-refractivity contribution in [1.29, 1.82) is 0 Å².